The van der Waals surface area contributed by atoms with Crippen LogP contribution in [0.2, 0.25) is 0 Å². The van der Waals surface area contributed by atoms with E-state index >= 15 is 0 Å². The van der Waals surface area contributed by atoms with Crippen LogP contribution in [0.4, 0.5) is 14.5 Å². The van der Waals surface area contributed by atoms with Gasteiger partial charge < -0.3 is 65.1 Å². The summed E-state index contributed by atoms with van der Waals surface area (Å²) in [5.41, 5.74) is 2.89. The zero-order valence-electron chi connectivity index (χ0n) is 25.9. The zero-order chi connectivity index (χ0) is 35.0. The molecule has 10 unspecified atom stereocenters. The number of halogens is 2. The maximum atomic E-state index is 14.5. The van der Waals surface area contributed by atoms with E-state index in [1.54, 1.807) is 30.3 Å². The minimum atomic E-state index is -1.94. The summed E-state index contributed by atoms with van der Waals surface area (Å²) < 4.78 is 49.2. The number of anilines is 1. The summed E-state index contributed by atoms with van der Waals surface area (Å²) in [5.74, 6) is -0.970. The third-order valence-corrected chi connectivity index (χ3v) is 9.29. The Bertz CT molecular complexity index is 1550. The molecule has 0 aromatic heterocycles. The third-order valence-electron chi connectivity index (χ3n) is 9.29. The van der Waals surface area contributed by atoms with Crippen molar-refractivity contribution in [2.45, 2.75) is 86.6 Å². The molecule has 15 heteroatoms. The average Bonchev–Trinajstić information content (AvgIpc) is 3.09. The lowest BCUT2D eigenvalue weighted by molar-refractivity contribution is -0.390. The molecule has 3 aliphatic heterocycles. The lowest BCUT2D eigenvalue weighted by atomic mass is 9.75. The minimum absolute atomic E-state index is 0.0703. The van der Waals surface area contributed by atoms with Gasteiger partial charge >= 0.3 is 0 Å². The highest BCUT2D eigenvalue weighted by molar-refractivity contribution is 5.58. The number of fused-ring (bicyclic) bond motifs is 1. The third kappa shape index (κ3) is 7.57. The molecule has 0 spiro atoms. The molecule has 9 N–H and O–H groups in total. The second-order valence-electron chi connectivity index (χ2n) is 12.5. The van der Waals surface area contributed by atoms with Gasteiger partial charge in [0.25, 0.3) is 0 Å². The lowest BCUT2D eigenvalue weighted by Gasteiger charge is -2.44. The van der Waals surface area contributed by atoms with Crippen molar-refractivity contribution in [3.63, 3.8) is 0 Å². The second-order valence-corrected chi connectivity index (χ2v) is 12.5. The van der Waals surface area contributed by atoms with Gasteiger partial charge in [0.15, 0.2) is 18.9 Å². The van der Waals surface area contributed by atoms with Crippen LogP contribution in [0.3, 0.4) is 0 Å². The van der Waals surface area contributed by atoms with Gasteiger partial charge in [-0.1, -0.05) is 24.3 Å². The lowest BCUT2D eigenvalue weighted by Crippen LogP contribution is -2.64. The van der Waals surface area contributed by atoms with Crippen molar-refractivity contribution in [2.75, 3.05) is 11.9 Å². The van der Waals surface area contributed by atoms with E-state index in [1.165, 1.54) is 36.4 Å². The summed E-state index contributed by atoms with van der Waals surface area (Å²) in [6.07, 6.45) is -18.1. The van der Waals surface area contributed by atoms with Crippen LogP contribution in [-0.4, -0.2) is 109 Å². The standard InChI is InChI=1S/C34H39F2NO12/c35-18-6-1-15(2-7-18)23(38)12-5-17-14-37-22-11-8-19(36)13-21(22)24(17)16-3-9-20(10-4-16)46-33-29(43)26(40)30(32(45)49-33)47-34-28(42)25(39)27(41)31(44)48-34/h1-4,6-11,13,17,23-34,37-45H,5,12,14H2/t17-,23-,24+,25?,26?,27?,28?,29?,30?,31?,32?,33?,34?/m0/s1. The van der Waals surface area contributed by atoms with Crippen LogP contribution >= 0.6 is 0 Å². The van der Waals surface area contributed by atoms with Crippen molar-refractivity contribution in [2.24, 2.45) is 5.92 Å². The fourth-order valence-electron chi connectivity index (χ4n) is 6.56. The molecule has 3 aromatic carbocycles. The highest BCUT2D eigenvalue weighted by atomic mass is 19.1. The van der Waals surface area contributed by atoms with Crippen LogP contribution in [0.5, 0.6) is 5.75 Å². The van der Waals surface area contributed by atoms with Gasteiger partial charge in [-0.2, -0.15) is 0 Å². The molecule has 3 heterocycles. The molecular formula is C34H39F2NO12. The van der Waals surface area contributed by atoms with E-state index in [2.05, 4.69) is 5.32 Å². The van der Waals surface area contributed by atoms with E-state index in [9.17, 15) is 49.6 Å². The quantitative estimate of drug-likeness (QED) is 0.151. The van der Waals surface area contributed by atoms with Crippen LogP contribution < -0.4 is 10.1 Å². The Morgan fingerprint density at radius 3 is 2.10 bits per heavy atom. The SMILES string of the molecule is OC1OC(OC2C(O)OC(Oc3ccc([C@H]4c5cc(F)ccc5NC[C@@H]4CC[C@H](O)c4ccc(F)cc4)cc3)C(O)C2O)C(O)C(O)C1O. The molecule has 3 aliphatic rings. The van der Waals surface area contributed by atoms with Gasteiger partial charge in [-0.15, -0.1) is 0 Å². The largest absolute Gasteiger partial charge is 0.462 e. The van der Waals surface area contributed by atoms with Crippen molar-refractivity contribution < 1.29 is 68.6 Å². The first kappa shape index (κ1) is 35.5. The first-order valence-corrected chi connectivity index (χ1v) is 15.9. The smallest absolute Gasteiger partial charge is 0.231 e. The highest BCUT2D eigenvalue weighted by Gasteiger charge is 2.51. The topological polar surface area (TPSA) is 211 Å². The van der Waals surface area contributed by atoms with Gasteiger partial charge in [0, 0.05) is 18.2 Å². The predicted molar refractivity (Wildman–Crippen MR) is 165 cm³/mol. The van der Waals surface area contributed by atoms with Gasteiger partial charge in [0.1, 0.15) is 54.0 Å². The molecule has 266 valence electrons. The number of aliphatic hydroxyl groups excluding tert-OH is 8. The van der Waals surface area contributed by atoms with Gasteiger partial charge in [0.2, 0.25) is 6.29 Å². The number of rotatable bonds is 9. The molecule has 0 bridgehead atoms. The summed E-state index contributed by atoms with van der Waals surface area (Å²) in [4.78, 5) is 0. The van der Waals surface area contributed by atoms with Gasteiger partial charge in [0.05, 0.1) is 6.10 Å². The van der Waals surface area contributed by atoms with Crippen molar-refractivity contribution in [3.8, 4) is 5.75 Å². The van der Waals surface area contributed by atoms with Crippen LogP contribution in [0.15, 0.2) is 66.7 Å². The normalized spacial score (nSPS) is 35.2. The van der Waals surface area contributed by atoms with E-state index in [-0.39, 0.29) is 17.6 Å². The molecule has 0 amide bonds. The number of aliphatic hydroxyl groups is 8. The molecule has 49 heavy (non-hydrogen) atoms. The summed E-state index contributed by atoms with van der Waals surface area (Å²) in [5, 5.41) is 85.6. The maximum Gasteiger partial charge on any atom is 0.231 e. The van der Waals surface area contributed by atoms with E-state index in [0.717, 1.165) is 16.8 Å². The summed E-state index contributed by atoms with van der Waals surface area (Å²) in [6.45, 7) is 0.542. The monoisotopic (exact) mass is 691 g/mol. The Kier molecular flexibility index (Phi) is 10.8. The Morgan fingerprint density at radius 1 is 0.735 bits per heavy atom. The predicted octanol–water partition coefficient (Wildman–Crippen LogP) is 0.570. The molecular weight excluding hydrogens is 652 g/mol. The van der Waals surface area contributed by atoms with Crippen LogP contribution in [0.25, 0.3) is 0 Å². The Labute approximate surface area is 279 Å². The fourth-order valence-corrected chi connectivity index (χ4v) is 6.56. The number of hydrogen-bond donors (Lipinski definition) is 9. The molecule has 0 saturated carbocycles. The molecule has 6 rings (SSSR count). The number of hydrogen-bond acceptors (Lipinski definition) is 13. The van der Waals surface area contributed by atoms with E-state index < -0.39 is 79.5 Å². The molecule has 2 saturated heterocycles. The van der Waals surface area contributed by atoms with Crippen molar-refractivity contribution in [1.82, 2.24) is 0 Å². The Morgan fingerprint density at radius 2 is 1.39 bits per heavy atom. The fraction of sp³-hybridized carbons (Fsp3) is 0.471. The molecule has 0 radical (unpaired) electrons. The van der Waals surface area contributed by atoms with E-state index in [4.69, 9.17) is 18.9 Å². The molecule has 13 nitrogen and oxygen atoms in total. The second kappa shape index (κ2) is 14.9. The molecule has 3 aromatic rings. The number of benzene rings is 3. The first-order valence-electron chi connectivity index (χ1n) is 15.9. The van der Waals surface area contributed by atoms with E-state index in [1.807, 2.05) is 0 Å². The number of ether oxygens (including phenoxy) is 4. The zero-order valence-corrected chi connectivity index (χ0v) is 25.9. The van der Waals surface area contributed by atoms with Crippen molar-refractivity contribution >= 4 is 5.69 Å². The Balaban J connectivity index is 1.14. The molecule has 2 fully saturated rings. The molecule has 13 atom stereocenters. The van der Waals surface area contributed by atoms with Crippen LogP contribution in [0, 0.1) is 17.6 Å². The van der Waals surface area contributed by atoms with Gasteiger partial charge in [-0.05, 0) is 77.9 Å². The van der Waals surface area contributed by atoms with Crippen molar-refractivity contribution in [3.05, 3.63) is 95.1 Å². The average molecular weight is 692 g/mol. The molecule has 0 aliphatic carbocycles. The minimum Gasteiger partial charge on any atom is -0.462 e. The highest BCUT2D eigenvalue weighted by Crippen LogP contribution is 2.43. The summed E-state index contributed by atoms with van der Waals surface area (Å²) in [6, 6.07) is 16.8. The maximum absolute atomic E-state index is 14.5. The summed E-state index contributed by atoms with van der Waals surface area (Å²) in [7, 11) is 0. The van der Waals surface area contributed by atoms with Gasteiger partial charge in [-0.3, -0.25) is 0 Å². The first-order chi connectivity index (χ1) is 23.4. The number of nitrogens with one attached hydrogen (secondary N) is 1. The summed E-state index contributed by atoms with van der Waals surface area (Å²) >= 11 is 0. The van der Waals surface area contributed by atoms with Crippen LogP contribution in [-0.2, 0) is 14.2 Å². The Hall–Kier alpha value is -3.32. The van der Waals surface area contributed by atoms with Crippen molar-refractivity contribution in [1.29, 1.82) is 0 Å². The van der Waals surface area contributed by atoms with Gasteiger partial charge in [-0.25, -0.2) is 8.78 Å². The van der Waals surface area contributed by atoms with Crippen LogP contribution in [0.1, 0.15) is 41.6 Å². The van der Waals surface area contributed by atoms with E-state index in [0.29, 0.717) is 24.9 Å².